The molecule has 1 unspecified atom stereocenters. The minimum atomic E-state index is -0.794. The van der Waals surface area contributed by atoms with Crippen molar-refractivity contribution in [2.24, 2.45) is 0 Å². The number of ether oxygens (including phenoxy) is 1. The zero-order chi connectivity index (χ0) is 23.0. The highest BCUT2D eigenvalue weighted by atomic mass is 35.5. The van der Waals surface area contributed by atoms with Crippen molar-refractivity contribution >= 4 is 34.7 Å². The van der Waals surface area contributed by atoms with Crippen molar-refractivity contribution < 1.29 is 19.4 Å². The molecule has 1 saturated heterocycles. The van der Waals surface area contributed by atoms with Gasteiger partial charge in [0.05, 0.1) is 18.7 Å². The third-order valence-corrected chi connectivity index (χ3v) is 6.08. The van der Waals surface area contributed by atoms with E-state index in [0.29, 0.717) is 27.6 Å². The van der Waals surface area contributed by atoms with E-state index in [9.17, 15) is 14.7 Å². The molecule has 0 saturated carbocycles. The molecule has 162 valence electrons. The van der Waals surface area contributed by atoms with E-state index in [2.05, 4.69) is 0 Å². The third kappa shape index (κ3) is 3.65. The van der Waals surface area contributed by atoms with Gasteiger partial charge < -0.3 is 9.84 Å². The number of methoxy groups -OCH3 is 1. The van der Waals surface area contributed by atoms with E-state index in [1.165, 1.54) is 4.90 Å². The topological polar surface area (TPSA) is 66.8 Å². The van der Waals surface area contributed by atoms with E-state index in [1.54, 1.807) is 55.6 Å². The molecule has 1 amide bonds. The second-order valence-corrected chi connectivity index (χ2v) is 8.10. The molecule has 1 aliphatic rings. The first kappa shape index (κ1) is 21.7. The van der Waals surface area contributed by atoms with Crippen LogP contribution in [-0.4, -0.2) is 23.9 Å². The van der Waals surface area contributed by atoms with Gasteiger partial charge in [0.1, 0.15) is 11.5 Å². The molecule has 0 radical (unpaired) electrons. The molecule has 6 heteroatoms. The summed E-state index contributed by atoms with van der Waals surface area (Å²) >= 11 is 5.98. The fourth-order valence-electron chi connectivity index (χ4n) is 3.94. The Kier molecular flexibility index (Phi) is 5.76. The lowest BCUT2D eigenvalue weighted by Crippen LogP contribution is -2.30. The van der Waals surface area contributed by atoms with Gasteiger partial charge >= 0.3 is 0 Å². The highest BCUT2D eigenvalue weighted by Gasteiger charge is 2.47. The Labute approximate surface area is 191 Å². The number of anilines is 1. The van der Waals surface area contributed by atoms with Gasteiger partial charge in [0.2, 0.25) is 0 Å². The van der Waals surface area contributed by atoms with Crippen LogP contribution in [0.4, 0.5) is 5.69 Å². The fourth-order valence-corrected chi connectivity index (χ4v) is 4.07. The summed E-state index contributed by atoms with van der Waals surface area (Å²) in [6, 6.07) is 18.4. The van der Waals surface area contributed by atoms with Crippen LogP contribution in [0.3, 0.4) is 0 Å². The quantitative estimate of drug-likeness (QED) is 0.321. The van der Waals surface area contributed by atoms with Gasteiger partial charge in [0.25, 0.3) is 11.7 Å². The summed E-state index contributed by atoms with van der Waals surface area (Å²) in [7, 11) is 1.57. The van der Waals surface area contributed by atoms with Crippen LogP contribution >= 0.6 is 11.6 Å². The van der Waals surface area contributed by atoms with Gasteiger partial charge in [-0.15, -0.1) is 0 Å². The van der Waals surface area contributed by atoms with Gasteiger partial charge in [0.15, 0.2) is 0 Å². The summed E-state index contributed by atoms with van der Waals surface area (Å²) in [5, 5.41) is 11.6. The standard InChI is InChI=1S/C26H22ClNO4/c1-15-5-4-6-21(16(15)2)28-23(17-9-13-20(32-3)14-10-17)22(25(30)26(28)31)24(29)18-7-11-19(27)12-8-18/h4-14,23,29H,1-3H3/b24-22+. The molecule has 1 N–H and O–H groups in total. The second-order valence-electron chi connectivity index (χ2n) is 7.67. The van der Waals surface area contributed by atoms with E-state index >= 15 is 0 Å². The summed E-state index contributed by atoms with van der Waals surface area (Å²) in [5.74, 6) is -1.02. The Balaban J connectivity index is 1.96. The first-order valence-corrected chi connectivity index (χ1v) is 10.5. The average molecular weight is 448 g/mol. The van der Waals surface area contributed by atoms with Crippen molar-refractivity contribution in [1.29, 1.82) is 0 Å². The molecule has 0 bridgehead atoms. The summed E-state index contributed by atoms with van der Waals surface area (Å²) in [5.41, 5.74) is 3.63. The molecule has 5 nitrogen and oxygen atoms in total. The van der Waals surface area contributed by atoms with Gasteiger partial charge in [-0.3, -0.25) is 14.5 Å². The first-order valence-electron chi connectivity index (χ1n) is 10.1. The summed E-state index contributed by atoms with van der Waals surface area (Å²) in [4.78, 5) is 27.9. The largest absolute Gasteiger partial charge is 0.507 e. The molecular formula is C26H22ClNO4. The molecule has 3 aromatic carbocycles. The fraction of sp³-hybridized carbons (Fsp3) is 0.154. The zero-order valence-corrected chi connectivity index (χ0v) is 18.7. The number of hydrogen-bond acceptors (Lipinski definition) is 4. The number of benzene rings is 3. The number of hydrogen-bond donors (Lipinski definition) is 1. The van der Waals surface area contributed by atoms with Gasteiger partial charge in [-0.1, -0.05) is 35.9 Å². The lowest BCUT2D eigenvalue weighted by Gasteiger charge is -2.27. The van der Waals surface area contributed by atoms with Crippen LogP contribution < -0.4 is 9.64 Å². The number of aliphatic hydroxyl groups excluding tert-OH is 1. The number of aryl methyl sites for hydroxylation is 1. The Morgan fingerprint density at radius 2 is 1.62 bits per heavy atom. The maximum absolute atomic E-state index is 13.3. The van der Waals surface area contributed by atoms with Crippen LogP contribution in [0, 0.1) is 13.8 Å². The molecule has 0 spiro atoms. The number of nitrogens with zero attached hydrogens (tertiary/aromatic N) is 1. The third-order valence-electron chi connectivity index (χ3n) is 5.83. The summed E-state index contributed by atoms with van der Waals surface area (Å²) in [6.07, 6.45) is 0. The van der Waals surface area contributed by atoms with Gasteiger partial charge in [-0.2, -0.15) is 0 Å². The van der Waals surface area contributed by atoms with E-state index in [-0.39, 0.29) is 11.3 Å². The van der Waals surface area contributed by atoms with Crippen LogP contribution in [0.5, 0.6) is 5.75 Å². The number of aliphatic hydroxyl groups is 1. The number of carbonyl (C=O) groups is 2. The maximum atomic E-state index is 13.3. The Hall–Kier alpha value is -3.57. The Morgan fingerprint density at radius 3 is 2.25 bits per heavy atom. The maximum Gasteiger partial charge on any atom is 0.300 e. The van der Waals surface area contributed by atoms with E-state index in [1.807, 2.05) is 32.0 Å². The molecule has 0 aromatic heterocycles. The summed E-state index contributed by atoms with van der Waals surface area (Å²) < 4.78 is 5.25. The highest BCUT2D eigenvalue weighted by Crippen LogP contribution is 2.43. The highest BCUT2D eigenvalue weighted by molar-refractivity contribution is 6.51. The smallest absolute Gasteiger partial charge is 0.300 e. The zero-order valence-electron chi connectivity index (χ0n) is 17.9. The van der Waals surface area contributed by atoms with Crippen molar-refractivity contribution in [3.8, 4) is 5.75 Å². The van der Waals surface area contributed by atoms with Gasteiger partial charge in [-0.25, -0.2) is 0 Å². The molecule has 3 aromatic rings. The minimum Gasteiger partial charge on any atom is -0.507 e. The monoisotopic (exact) mass is 447 g/mol. The van der Waals surface area contributed by atoms with E-state index in [4.69, 9.17) is 16.3 Å². The Morgan fingerprint density at radius 1 is 0.969 bits per heavy atom. The first-order chi connectivity index (χ1) is 15.3. The van der Waals surface area contributed by atoms with Crippen LogP contribution in [0.1, 0.15) is 28.3 Å². The van der Waals surface area contributed by atoms with Crippen LogP contribution in [0.2, 0.25) is 5.02 Å². The molecule has 32 heavy (non-hydrogen) atoms. The van der Waals surface area contributed by atoms with Crippen molar-refractivity contribution in [1.82, 2.24) is 0 Å². The van der Waals surface area contributed by atoms with Crippen LogP contribution in [0.25, 0.3) is 5.76 Å². The van der Waals surface area contributed by atoms with Crippen molar-refractivity contribution in [2.75, 3.05) is 12.0 Å². The number of carbonyl (C=O) groups excluding carboxylic acids is 2. The second kappa shape index (κ2) is 8.52. The Bertz CT molecular complexity index is 1230. The van der Waals surface area contributed by atoms with Gasteiger partial charge in [-0.05, 0) is 73.0 Å². The lowest BCUT2D eigenvalue weighted by atomic mass is 9.94. The van der Waals surface area contributed by atoms with Crippen molar-refractivity contribution in [3.63, 3.8) is 0 Å². The predicted molar refractivity (Wildman–Crippen MR) is 125 cm³/mol. The number of rotatable bonds is 4. The van der Waals surface area contributed by atoms with Crippen LogP contribution in [0.15, 0.2) is 72.3 Å². The molecular weight excluding hydrogens is 426 g/mol. The number of amides is 1. The minimum absolute atomic E-state index is 0.0309. The average Bonchev–Trinajstić information content (AvgIpc) is 3.06. The number of halogens is 1. The SMILES string of the molecule is COc1ccc(C2/C(=C(\O)c3ccc(Cl)cc3)C(=O)C(=O)N2c2cccc(C)c2C)cc1. The van der Waals surface area contributed by atoms with Crippen molar-refractivity contribution in [2.45, 2.75) is 19.9 Å². The van der Waals surface area contributed by atoms with E-state index in [0.717, 1.165) is 11.1 Å². The normalized spacial score (nSPS) is 17.6. The molecule has 1 fully saturated rings. The summed E-state index contributed by atoms with van der Waals surface area (Å²) in [6.45, 7) is 3.86. The molecule has 0 aliphatic carbocycles. The molecule has 4 rings (SSSR count). The van der Waals surface area contributed by atoms with E-state index < -0.39 is 17.7 Å². The van der Waals surface area contributed by atoms with Crippen molar-refractivity contribution in [3.05, 3.63) is 99.6 Å². The molecule has 1 heterocycles. The predicted octanol–water partition coefficient (Wildman–Crippen LogP) is 5.59. The molecule has 1 aliphatic heterocycles. The number of Topliss-reactive ketones (excluding diaryl/α,β-unsaturated/α-hetero) is 1. The van der Waals surface area contributed by atoms with Gasteiger partial charge in [0, 0.05) is 16.3 Å². The van der Waals surface area contributed by atoms with Crippen LogP contribution in [-0.2, 0) is 9.59 Å². The lowest BCUT2D eigenvalue weighted by molar-refractivity contribution is -0.132. The molecule has 1 atom stereocenters. The number of ketones is 1.